The van der Waals surface area contributed by atoms with Gasteiger partial charge in [0.15, 0.2) is 0 Å². The zero-order chi connectivity index (χ0) is 10.9. The maximum absolute atomic E-state index is 3.54. The van der Waals surface area contributed by atoms with E-state index in [-0.39, 0.29) is 0 Å². The third kappa shape index (κ3) is 5.17. The van der Waals surface area contributed by atoms with Gasteiger partial charge in [-0.3, -0.25) is 0 Å². The van der Waals surface area contributed by atoms with Crippen molar-refractivity contribution in [3.8, 4) is 0 Å². The van der Waals surface area contributed by atoms with Crippen LogP contribution in [-0.2, 0) is 0 Å². The van der Waals surface area contributed by atoms with Gasteiger partial charge in [0, 0.05) is 4.47 Å². The summed E-state index contributed by atoms with van der Waals surface area (Å²) in [6.07, 6.45) is 11.0. The minimum Gasteiger partial charge on any atom is -0.0839 e. The van der Waals surface area contributed by atoms with Gasteiger partial charge in [-0.2, -0.15) is 0 Å². The van der Waals surface area contributed by atoms with Crippen LogP contribution < -0.4 is 0 Å². The predicted molar refractivity (Wildman–Crippen MR) is 71.9 cm³/mol. The number of hydrogen-bond donors (Lipinski definition) is 0. The van der Waals surface area contributed by atoms with Gasteiger partial charge in [-0.25, -0.2) is 0 Å². The largest absolute Gasteiger partial charge is 0.0839 e. The summed E-state index contributed by atoms with van der Waals surface area (Å²) in [5.74, 6) is 0. The molecule has 15 heavy (non-hydrogen) atoms. The fourth-order valence-electron chi connectivity index (χ4n) is 1.51. The number of unbranched alkanes of at least 4 members (excludes halogenated alkanes) is 4. The summed E-state index contributed by atoms with van der Waals surface area (Å²) < 4.78 is 1.18. The molecular weight excluding hydrogens is 248 g/mol. The van der Waals surface area contributed by atoms with Gasteiger partial charge in [0.05, 0.1) is 0 Å². The van der Waals surface area contributed by atoms with E-state index in [1.54, 1.807) is 0 Å². The van der Waals surface area contributed by atoms with E-state index >= 15 is 0 Å². The molecule has 0 bridgehead atoms. The van der Waals surface area contributed by atoms with Crippen molar-refractivity contribution in [1.29, 1.82) is 0 Å². The molecule has 1 heteroatoms. The monoisotopic (exact) mass is 266 g/mol. The second kappa shape index (κ2) is 7.70. The summed E-state index contributed by atoms with van der Waals surface area (Å²) in [6.45, 7) is 2.25. The SMILES string of the molecule is CCCCCCC=Cc1ccccc1Br. The Hall–Kier alpha value is -0.560. The van der Waals surface area contributed by atoms with Crippen LogP contribution in [0.1, 0.15) is 44.6 Å². The van der Waals surface area contributed by atoms with Crippen LogP contribution >= 0.6 is 15.9 Å². The van der Waals surface area contributed by atoms with Crippen LogP contribution in [0.5, 0.6) is 0 Å². The minimum absolute atomic E-state index is 1.18. The molecule has 0 N–H and O–H groups in total. The van der Waals surface area contributed by atoms with Crippen molar-refractivity contribution in [2.24, 2.45) is 0 Å². The van der Waals surface area contributed by atoms with E-state index in [2.05, 4.69) is 53.2 Å². The van der Waals surface area contributed by atoms with Crippen molar-refractivity contribution in [2.75, 3.05) is 0 Å². The van der Waals surface area contributed by atoms with Gasteiger partial charge in [0.25, 0.3) is 0 Å². The van der Waals surface area contributed by atoms with Crippen molar-refractivity contribution < 1.29 is 0 Å². The summed E-state index contributed by atoms with van der Waals surface area (Å²) in [5.41, 5.74) is 1.27. The molecule has 0 spiro atoms. The lowest BCUT2D eigenvalue weighted by molar-refractivity contribution is 0.675. The second-order valence-corrected chi connectivity index (χ2v) is 4.63. The summed E-state index contributed by atoms with van der Waals surface area (Å²) >= 11 is 3.54. The molecule has 1 aromatic rings. The number of hydrogen-bond acceptors (Lipinski definition) is 0. The molecule has 82 valence electrons. The summed E-state index contributed by atoms with van der Waals surface area (Å²) in [5, 5.41) is 0. The first-order valence-corrected chi connectivity index (χ1v) is 6.55. The predicted octanol–water partition coefficient (Wildman–Crippen LogP) is 5.43. The normalized spacial score (nSPS) is 11.1. The molecule has 0 unspecified atom stereocenters. The molecule has 0 aliphatic heterocycles. The molecule has 0 saturated heterocycles. The van der Waals surface area contributed by atoms with Crippen LogP contribution in [0.4, 0.5) is 0 Å². The zero-order valence-corrected chi connectivity index (χ0v) is 11.0. The van der Waals surface area contributed by atoms with Crippen LogP contribution in [0.3, 0.4) is 0 Å². The molecule has 0 amide bonds. The Bertz CT molecular complexity index is 302. The van der Waals surface area contributed by atoms with Gasteiger partial charge >= 0.3 is 0 Å². The lowest BCUT2D eigenvalue weighted by Crippen LogP contribution is -1.75. The topological polar surface area (TPSA) is 0 Å². The Morgan fingerprint density at radius 3 is 2.67 bits per heavy atom. The van der Waals surface area contributed by atoms with Crippen molar-refractivity contribution >= 4 is 22.0 Å². The molecule has 0 atom stereocenters. The van der Waals surface area contributed by atoms with Crippen LogP contribution in [0.15, 0.2) is 34.8 Å². The minimum atomic E-state index is 1.18. The van der Waals surface area contributed by atoms with E-state index in [9.17, 15) is 0 Å². The van der Waals surface area contributed by atoms with Crippen LogP contribution in [0.25, 0.3) is 6.08 Å². The lowest BCUT2D eigenvalue weighted by Gasteiger charge is -1.97. The number of halogens is 1. The Labute approximate surface area is 102 Å². The molecular formula is C14H19Br. The molecule has 0 aliphatic rings. The Morgan fingerprint density at radius 1 is 1.13 bits per heavy atom. The fourth-order valence-corrected chi connectivity index (χ4v) is 1.93. The van der Waals surface area contributed by atoms with Crippen LogP contribution in [-0.4, -0.2) is 0 Å². The molecule has 0 nitrogen and oxygen atoms in total. The molecule has 0 heterocycles. The Balaban J connectivity index is 2.29. The molecule has 0 fully saturated rings. The highest BCUT2D eigenvalue weighted by atomic mass is 79.9. The van der Waals surface area contributed by atoms with Gasteiger partial charge in [0.2, 0.25) is 0 Å². The standard InChI is InChI=1S/C14H19Br/c1-2-3-4-5-6-7-10-13-11-8-9-12-14(13)15/h7-12H,2-6H2,1H3. The van der Waals surface area contributed by atoms with E-state index < -0.39 is 0 Å². The van der Waals surface area contributed by atoms with Crippen molar-refractivity contribution in [2.45, 2.75) is 39.0 Å². The summed E-state index contributed by atoms with van der Waals surface area (Å²) in [7, 11) is 0. The molecule has 0 aromatic heterocycles. The summed E-state index contributed by atoms with van der Waals surface area (Å²) in [4.78, 5) is 0. The second-order valence-electron chi connectivity index (χ2n) is 3.77. The number of allylic oxidation sites excluding steroid dienone is 1. The Kier molecular flexibility index (Phi) is 6.42. The first-order valence-electron chi connectivity index (χ1n) is 5.75. The van der Waals surface area contributed by atoms with E-state index in [0.717, 1.165) is 0 Å². The van der Waals surface area contributed by atoms with Gasteiger partial charge in [-0.05, 0) is 24.5 Å². The van der Waals surface area contributed by atoms with Gasteiger partial charge < -0.3 is 0 Å². The molecule has 0 aliphatic carbocycles. The lowest BCUT2D eigenvalue weighted by atomic mass is 10.1. The van der Waals surface area contributed by atoms with Crippen molar-refractivity contribution in [3.05, 3.63) is 40.4 Å². The average Bonchev–Trinajstić information content (AvgIpc) is 2.25. The van der Waals surface area contributed by atoms with Gasteiger partial charge in [-0.1, -0.05) is 72.5 Å². The van der Waals surface area contributed by atoms with E-state index in [0.29, 0.717) is 0 Å². The van der Waals surface area contributed by atoms with Crippen molar-refractivity contribution in [3.63, 3.8) is 0 Å². The molecule has 0 saturated carbocycles. The van der Waals surface area contributed by atoms with Gasteiger partial charge in [-0.15, -0.1) is 0 Å². The zero-order valence-electron chi connectivity index (χ0n) is 9.38. The third-order valence-corrected chi connectivity index (χ3v) is 3.15. The maximum Gasteiger partial charge on any atom is 0.0247 e. The highest BCUT2D eigenvalue weighted by Gasteiger charge is 1.91. The quantitative estimate of drug-likeness (QED) is 0.602. The molecule has 1 aromatic carbocycles. The van der Waals surface area contributed by atoms with Crippen LogP contribution in [0.2, 0.25) is 0 Å². The highest BCUT2D eigenvalue weighted by Crippen LogP contribution is 2.17. The Morgan fingerprint density at radius 2 is 1.93 bits per heavy atom. The van der Waals surface area contributed by atoms with Crippen molar-refractivity contribution in [1.82, 2.24) is 0 Å². The first kappa shape index (κ1) is 12.5. The average molecular weight is 267 g/mol. The maximum atomic E-state index is 3.54. The number of rotatable bonds is 6. The molecule has 0 radical (unpaired) electrons. The fraction of sp³-hybridized carbons (Fsp3) is 0.429. The third-order valence-electron chi connectivity index (χ3n) is 2.43. The van der Waals surface area contributed by atoms with E-state index in [4.69, 9.17) is 0 Å². The van der Waals surface area contributed by atoms with E-state index in [1.807, 2.05) is 6.07 Å². The van der Waals surface area contributed by atoms with E-state index in [1.165, 1.54) is 42.1 Å². The van der Waals surface area contributed by atoms with Gasteiger partial charge in [0.1, 0.15) is 0 Å². The van der Waals surface area contributed by atoms with Crippen LogP contribution in [0, 0.1) is 0 Å². The summed E-state index contributed by atoms with van der Waals surface area (Å²) in [6, 6.07) is 8.33. The highest BCUT2D eigenvalue weighted by molar-refractivity contribution is 9.10. The molecule has 1 rings (SSSR count). The number of benzene rings is 1. The first-order chi connectivity index (χ1) is 7.34. The smallest absolute Gasteiger partial charge is 0.0247 e.